The van der Waals surface area contributed by atoms with E-state index in [0.29, 0.717) is 16.9 Å². The molecule has 0 spiro atoms. The molecule has 0 fully saturated rings. The third-order valence-electron chi connectivity index (χ3n) is 3.23. The van der Waals surface area contributed by atoms with Crippen LogP contribution in [0, 0.1) is 11.3 Å². The summed E-state index contributed by atoms with van der Waals surface area (Å²) in [6.45, 7) is 0. The second-order valence-electron chi connectivity index (χ2n) is 4.75. The van der Waals surface area contributed by atoms with Crippen LogP contribution in [0.1, 0.15) is 5.69 Å². The first-order valence-electron chi connectivity index (χ1n) is 6.54. The Bertz CT molecular complexity index is 1020. The first-order valence-corrected chi connectivity index (χ1v) is 8.09. The molecule has 0 amide bonds. The molecule has 0 saturated heterocycles. The zero-order valence-corrected chi connectivity index (χ0v) is 12.6. The highest BCUT2D eigenvalue weighted by Crippen LogP contribution is 2.27. The van der Waals surface area contributed by atoms with Gasteiger partial charge in [0.25, 0.3) is 0 Å². The molecule has 2 aromatic carbocycles. The predicted molar refractivity (Wildman–Crippen MR) is 85.4 cm³/mol. The number of hydrogen-bond donors (Lipinski definition) is 2. The molecule has 3 rings (SSSR count). The standard InChI is InChI=1S/C15H11N5O2S/c16-9-14-15(12-3-1-2-4-13(12)19-20-14)18-10-5-7-11(8-6-10)23(17,21)22/h1-8H,(H,18,19)(H2,17,21,22). The molecule has 0 aliphatic rings. The van der Waals surface area contributed by atoms with Gasteiger partial charge in [-0.2, -0.15) is 5.26 Å². The molecule has 0 radical (unpaired) electrons. The molecule has 0 bridgehead atoms. The highest BCUT2D eigenvalue weighted by molar-refractivity contribution is 7.89. The molecular weight excluding hydrogens is 314 g/mol. The van der Waals surface area contributed by atoms with Crippen LogP contribution in [0.2, 0.25) is 0 Å². The maximum atomic E-state index is 11.3. The molecule has 0 saturated carbocycles. The fraction of sp³-hybridized carbons (Fsp3) is 0. The zero-order valence-electron chi connectivity index (χ0n) is 11.8. The van der Waals surface area contributed by atoms with Crippen molar-refractivity contribution in [2.75, 3.05) is 5.32 Å². The number of aromatic nitrogens is 2. The molecular formula is C15H11N5O2S. The van der Waals surface area contributed by atoms with Crippen molar-refractivity contribution in [1.82, 2.24) is 10.2 Å². The normalized spacial score (nSPS) is 11.1. The molecule has 1 heterocycles. The summed E-state index contributed by atoms with van der Waals surface area (Å²) in [5, 5.41) is 26.0. The van der Waals surface area contributed by atoms with Gasteiger partial charge in [-0.05, 0) is 30.3 Å². The lowest BCUT2D eigenvalue weighted by Crippen LogP contribution is -2.11. The number of hydrogen-bond acceptors (Lipinski definition) is 6. The van der Waals surface area contributed by atoms with Crippen molar-refractivity contribution in [2.24, 2.45) is 5.14 Å². The van der Waals surface area contributed by atoms with Crippen LogP contribution in [0.25, 0.3) is 10.9 Å². The van der Waals surface area contributed by atoms with E-state index in [-0.39, 0.29) is 10.6 Å². The number of benzene rings is 2. The highest BCUT2D eigenvalue weighted by Gasteiger charge is 2.11. The quantitative estimate of drug-likeness (QED) is 0.758. The fourth-order valence-electron chi connectivity index (χ4n) is 2.13. The van der Waals surface area contributed by atoms with Gasteiger partial charge in [-0.15, -0.1) is 10.2 Å². The lowest BCUT2D eigenvalue weighted by atomic mass is 10.1. The molecule has 1 aromatic heterocycles. The average molecular weight is 325 g/mol. The van der Waals surface area contributed by atoms with Gasteiger partial charge in [0.2, 0.25) is 10.0 Å². The summed E-state index contributed by atoms with van der Waals surface area (Å²) in [5.74, 6) is 0. The lowest BCUT2D eigenvalue weighted by molar-refractivity contribution is 0.598. The molecule has 0 atom stereocenters. The summed E-state index contributed by atoms with van der Waals surface area (Å²) in [5.41, 5.74) is 1.92. The third-order valence-corrected chi connectivity index (χ3v) is 4.16. The van der Waals surface area contributed by atoms with Gasteiger partial charge in [0.15, 0.2) is 5.69 Å². The minimum absolute atomic E-state index is 0.0151. The van der Waals surface area contributed by atoms with Gasteiger partial charge < -0.3 is 5.32 Å². The summed E-state index contributed by atoms with van der Waals surface area (Å²) < 4.78 is 22.5. The molecule has 8 heteroatoms. The van der Waals surface area contributed by atoms with Crippen molar-refractivity contribution in [3.63, 3.8) is 0 Å². The highest BCUT2D eigenvalue weighted by atomic mass is 32.2. The second-order valence-corrected chi connectivity index (χ2v) is 6.31. The largest absolute Gasteiger partial charge is 0.353 e. The van der Waals surface area contributed by atoms with Gasteiger partial charge in [-0.3, -0.25) is 0 Å². The number of primary sulfonamides is 1. The summed E-state index contributed by atoms with van der Waals surface area (Å²) in [6, 6.07) is 15.2. The number of nitriles is 1. The number of nitrogens with one attached hydrogen (secondary N) is 1. The van der Waals surface area contributed by atoms with E-state index in [2.05, 4.69) is 15.5 Å². The van der Waals surface area contributed by atoms with E-state index in [1.54, 1.807) is 18.2 Å². The number of rotatable bonds is 3. The van der Waals surface area contributed by atoms with Gasteiger partial charge in [0, 0.05) is 11.1 Å². The number of nitrogens with zero attached hydrogens (tertiary/aromatic N) is 3. The monoisotopic (exact) mass is 325 g/mol. The SMILES string of the molecule is N#Cc1nnc2ccccc2c1Nc1ccc(S(N)(=O)=O)cc1. The van der Waals surface area contributed by atoms with Gasteiger partial charge in [-0.1, -0.05) is 18.2 Å². The number of sulfonamides is 1. The lowest BCUT2D eigenvalue weighted by Gasteiger charge is -2.10. The van der Waals surface area contributed by atoms with Crippen LogP contribution in [0.4, 0.5) is 11.4 Å². The van der Waals surface area contributed by atoms with E-state index < -0.39 is 10.0 Å². The van der Waals surface area contributed by atoms with Crippen molar-refractivity contribution in [3.05, 3.63) is 54.2 Å². The third kappa shape index (κ3) is 2.96. The Hall–Kier alpha value is -3.02. The number of fused-ring (bicyclic) bond motifs is 1. The van der Waals surface area contributed by atoms with Crippen molar-refractivity contribution in [1.29, 1.82) is 5.26 Å². The van der Waals surface area contributed by atoms with Gasteiger partial charge >= 0.3 is 0 Å². The summed E-state index contributed by atoms with van der Waals surface area (Å²) in [7, 11) is -3.74. The van der Waals surface area contributed by atoms with E-state index in [4.69, 9.17) is 5.14 Å². The number of nitrogens with two attached hydrogens (primary N) is 1. The summed E-state index contributed by atoms with van der Waals surface area (Å²) in [6.07, 6.45) is 0. The molecule has 23 heavy (non-hydrogen) atoms. The first kappa shape index (κ1) is 14.9. The van der Waals surface area contributed by atoms with Crippen LogP contribution in [-0.2, 0) is 10.0 Å². The Balaban J connectivity index is 2.06. The van der Waals surface area contributed by atoms with Crippen LogP contribution >= 0.6 is 0 Å². The molecule has 7 nitrogen and oxygen atoms in total. The van der Waals surface area contributed by atoms with Crippen molar-refractivity contribution in [3.8, 4) is 6.07 Å². The van der Waals surface area contributed by atoms with Crippen molar-refractivity contribution >= 4 is 32.3 Å². The van der Waals surface area contributed by atoms with Crippen LogP contribution in [0.15, 0.2) is 53.4 Å². The molecule has 3 N–H and O–H groups in total. The maximum absolute atomic E-state index is 11.3. The molecule has 3 aromatic rings. The van der Waals surface area contributed by atoms with Gasteiger partial charge in [0.05, 0.1) is 16.1 Å². The molecule has 0 aliphatic heterocycles. The van der Waals surface area contributed by atoms with Crippen LogP contribution in [0.5, 0.6) is 0 Å². The zero-order chi connectivity index (χ0) is 16.4. The van der Waals surface area contributed by atoms with E-state index in [9.17, 15) is 13.7 Å². The van der Waals surface area contributed by atoms with Crippen LogP contribution in [-0.4, -0.2) is 18.6 Å². The predicted octanol–water partition coefficient (Wildman–Crippen LogP) is 1.89. The Kier molecular flexibility index (Phi) is 3.65. The Labute approximate surface area is 132 Å². The van der Waals surface area contributed by atoms with Crippen molar-refractivity contribution in [2.45, 2.75) is 4.90 Å². The van der Waals surface area contributed by atoms with E-state index in [1.807, 2.05) is 24.3 Å². The van der Waals surface area contributed by atoms with Crippen LogP contribution in [0.3, 0.4) is 0 Å². The Morgan fingerprint density at radius 1 is 1.04 bits per heavy atom. The average Bonchev–Trinajstić information content (AvgIpc) is 2.55. The molecule has 0 aliphatic carbocycles. The minimum Gasteiger partial charge on any atom is -0.353 e. The van der Waals surface area contributed by atoms with E-state index in [1.165, 1.54) is 12.1 Å². The van der Waals surface area contributed by atoms with Gasteiger partial charge in [0.1, 0.15) is 6.07 Å². The van der Waals surface area contributed by atoms with E-state index >= 15 is 0 Å². The Morgan fingerprint density at radius 3 is 2.39 bits per heavy atom. The smallest absolute Gasteiger partial charge is 0.238 e. The first-order chi connectivity index (χ1) is 11.0. The molecule has 0 unspecified atom stereocenters. The number of anilines is 2. The van der Waals surface area contributed by atoms with Crippen LogP contribution < -0.4 is 10.5 Å². The topological polar surface area (TPSA) is 122 Å². The second kappa shape index (κ2) is 5.64. The molecule has 114 valence electrons. The minimum atomic E-state index is -3.74. The summed E-state index contributed by atoms with van der Waals surface area (Å²) in [4.78, 5) is 0.0151. The fourth-order valence-corrected chi connectivity index (χ4v) is 2.65. The van der Waals surface area contributed by atoms with Gasteiger partial charge in [-0.25, -0.2) is 13.6 Å². The van der Waals surface area contributed by atoms with Crippen molar-refractivity contribution < 1.29 is 8.42 Å². The summed E-state index contributed by atoms with van der Waals surface area (Å²) >= 11 is 0. The Morgan fingerprint density at radius 2 is 1.74 bits per heavy atom. The van der Waals surface area contributed by atoms with E-state index in [0.717, 1.165) is 5.39 Å². The maximum Gasteiger partial charge on any atom is 0.238 e.